The Bertz CT molecular complexity index is 127. The first-order valence-electron chi connectivity index (χ1n) is 5.46. The van der Waals surface area contributed by atoms with Gasteiger partial charge < -0.3 is 4.74 Å². The van der Waals surface area contributed by atoms with Gasteiger partial charge in [-0.2, -0.15) is 0 Å². The van der Waals surface area contributed by atoms with Crippen LogP contribution in [0.2, 0.25) is 0 Å². The van der Waals surface area contributed by atoms with Crippen LogP contribution in [0.15, 0.2) is 0 Å². The summed E-state index contributed by atoms with van der Waals surface area (Å²) >= 11 is 0. The van der Waals surface area contributed by atoms with Gasteiger partial charge >= 0.3 is 0 Å². The standard InChI is InChI=1S/C11H25BO/c1-9(2)6-10(13-8-12)7-11(3,4)5/h9-10H,6-8,12H2,1-5H3. The quantitative estimate of drug-likeness (QED) is 0.596. The number of ether oxygens (including phenoxy) is 1. The molecule has 2 heteroatoms. The van der Waals surface area contributed by atoms with E-state index in [1.54, 1.807) is 0 Å². The summed E-state index contributed by atoms with van der Waals surface area (Å²) in [6, 6.07) is 0. The van der Waals surface area contributed by atoms with Crippen molar-refractivity contribution in [3.8, 4) is 0 Å². The van der Waals surface area contributed by atoms with Gasteiger partial charge in [0.15, 0.2) is 0 Å². The van der Waals surface area contributed by atoms with Gasteiger partial charge in [0, 0.05) is 6.51 Å². The van der Waals surface area contributed by atoms with Crippen molar-refractivity contribution in [1.82, 2.24) is 0 Å². The molecule has 0 aromatic heterocycles. The maximum absolute atomic E-state index is 5.73. The van der Waals surface area contributed by atoms with E-state index in [0.29, 0.717) is 11.5 Å². The molecule has 0 saturated carbocycles. The largest absolute Gasteiger partial charge is 0.387 e. The van der Waals surface area contributed by atoms with Crippen LogP contribution in [-0.4, -0.2) is 20.5 Å². The molecule has 0 aliphatic rings. The summed E-state index contributed by atoms with van der Waals surface area (Å²) in [7, 11) is 2.08. The van der Waals surface area contributed by atoms with Gasteiger partial charge in [0.1, 0.15) is 7.85 Å². The normalized spacial score (nSPS) is 14.9. The minimum absolute atomic E-state index is 0.384. The van der Waals surface area contributed by atoms with Gasteiger partial charge in [-0.05, 0) is 24.2 Å². The van der Waals surface area contributed by atoms with Crippen molar-refractivity contribution in [2.75, 3.05) is 6.51 Å². The molecule has 0 aliphatic heterocycles. The average Bonchev–Trinajstić information content (AvgIpc) is 1.81. The Morgan fingerprint density at radius 3 is 2.08 bits per heavy atom. The van der Waals surface area contributed by atoms with Crippen LogP contribution in [0.1, 0.15) is 47.5 Å². The Kier molecular flexibility index (Phi) is 5.70. The number of rotatable bonds is 5. The highest BCUT2D eigenvalue weighted by atomic mass is 16.5. The second-order valence-electron chi connectivity index (χ2n) is 5.47. The lowest BCUT2D eigenvalue weighted by Crippen LogP contribution is -2.23. The summed E-state index contributed by atoms with van der Waals surface area (Å²) in [6.07, 6.45) is 2.80. The Labute approximate surface area is 84.7 Å². The maximum Gasteiger partial charge on any atom is 0.135 e. The predicted molar refractivity (Wildman–Crippen MR) is 61.8 cm³/mol. The van der Waals surface area contributed by atoms with E-state index in [9.17, 15) is 0 Å². The fourth-order valence-electron chi connectivity index (χ4n) is 1.65. The lowest BCUT2D eigenvalue weighted by atomic mass is 9.86. The minimum Gasteiger partial charge on any atom is -0.387 e. The number of hydrogen-bond donors (Lipinski definition) is 0. The first-order chi connectivity index (χ1) is 5.85. The highest BCUT2D eigenvalue weighted by Crippen LogP contribution is 2.25. The molecule has 0 aromatic carbocycles. The van der Waals surface area contributed by atoms with Gasteiger partial charge in [-0.25, -0.2) is 0 Å². The fraction of sp³-hybridized carbons (Fsp3) is 1.00. The van der Waals surface area contributed by atoms with E-state index in [0.717, 1.165) is 12.4 Å². The van der Waals surface area contributed by atoms with Gasteiger partial charge in [-0.1, -0.05) is 34.6 Å². The molecule has 0 saturated heterocycles. The van der Waals surface area contributed by atoms with E-state index >= 15 is 0 Å². The molecule has 1 nitrogen and oxygen atoms in total. The van der Waals surface area contributed by atoms with Crippen molar-refractivity contribution in [1.29, 1.82) is 0 Å². The molecule has 0 N–H and O–H groups in total. The third-order valence-electron chi connectivity index (χ3n) is 1.98. The predicted octanol–water partition coefficient (Wildman–Crippen LogP) is 2.44. The van der Waals surface area contributed by atoms with Crippen LogP contribution < -0.4 is 0 Å². The summed E-state index contributed by atoms with van der Waals surface area (Å²) in [5.41, 5.74) is 0.384. The molecule has 0 radical (unpaired) electrons. The summed E-state index contributed by atoms with van der Waals surface area (Å²) in [6.45, 7) is 12.2. The third kappa shape index (κ3) is 8.36. The van der Waals surface area contributed by atoms with Crippen LogP contribution >= 0.6 is 0 Å². The van der Waals surface area contributed by atoms with Crippen LogP contribution in [0.4, 0.5) is 0 Å². The monoisotopic (exact) mass is 184 g/mol. The van der Waals surface area contributed by atoms with Crippen LogP contribution in [0.25, 0.3) is 0 Å². The van der Waals surface area contributed by atoms with Crippen LogP contribution in [0, 0.1) is 11.3 Å². The summed E-state index contributed by atoms with van der Waals surface area (Å²) in [4.78, 5) is 0. The SMILES string of the molecule is BCOC(CC(C)C)CC(C)(C)C. The van der Waals surface area contributed by atoms with Gasteiger partial charge in [-0.15, -0.1) is 0 Å². The molecular weight excluding hydrogens is 159 g/mol. The van der Waals surface area contributed by atoms with E-state index < -0.39 is 0 Å². The van der Waals surface area contributed by atoms with E-state index in [4.69, 9.17) is 4.74 Å². The summed E-state index contributed by atoms with van der Waals surface area (Å²) < 4.78 is 5.73. The molecular formula is C11H25BO. The van der Waals surface area contributed by atoms with Crippen LogP contribution in [-0.2, 0) is 4.74 Å². The van der Waals surface area contributed by atoms with Crippen molar-refractivity contribution < 1.29 is 4.74 Å². The Morgan fingerprint density at radius 1 is 1.23 bits per heavy atom. The van der Waals surface area contributed by atoms with Crippen molar-refractivity contribution in [2.24, 2.45) is 11.3 Å². The third-order valence-corrected chi connectivity index (χ3v) is 1.98. The van der Waals surface area contributed by atoms with Crippen molar-refractivity contribution in [2.45, 2.75) is 53.6 Å². The van der Waals surface area contributed by atoms with Gasteiger partial charge in [0.05, 0.1) is 6.10 Å². The zero-order chi connectivity index (χ0) is 10.5. The minimum atomic E-state index is 0.384. The molecule has 0 rings (SSSR count). The van der Waals surface area contributed by atoms with Gasteiger partial charge in [0.25, 0.3) is 0 Å². The van der Waals surface area contributed by atoms with Crippen molar-refractivity contribution in [3.05, 3.63) is 0 Å². The van der Waals surface area contributed by atoms with Crippen molar-refractivity contribution >= 4 is 7.85 Å². The second kappa shape index (κ2) is 5.69. The van der Waals surface area contributed by atoms with Crippen LogP contribution in [0.5, 0.6) is 0 Å². The van der Waals surface area contributed by atoms with E-state index in [2.05, 4.69) is 42.5 Å². The molecule has 0 amide bonds. The lowest BCUT2D eigenvalue weighted by molar-refractivity contribution is 0.0388. The molecule has 0 fully saturated rings. The van der Waals surface area contributed by atoms with E-state index in [-0.39, 0.29) is 0 Å². The highest BCUT2D eigenvalue weighted by molar-refractivity contribution is 6.08. The summed E-state index contributed by atoms with van der Waals surface area (Å²) in [5, 5.41) is 0. The molecule has 0 heterocycles. The molecule has 13 heavy (non-hydrogen) atoms. The molecule has 0 aliphatic carbocycles. The second-order valence-corrected chi connectivity index (χ2v) is 5.47. The smallest absolute Gasteiger partial charge is 0.135 e. The Hall–Kier alpha value is 0.0249. The zero-order valence-corrected chi connectivity index (χ0v) is 10.2. The van der Waals surface area contributed by atoms with Gasteiger partial charge in [-0.3, -0.25) is 0 Å². The first-order valence-corrected chi connectivity index (χ1v) is 5.46. The van der Waals surface area contributed by atoms with Crippen molar-refractivity contribution in [3.63, 3.8) is 0 Å². The van der Waals surface area contributed by atoms with Gasteiger partial charge in [0.2, 0.25) is 0 Å². The molecule has 0 aromatic rings. The number of hydrogen-bond acceptors (Lipinski definition) is 1. The molecule has 1 atom stereocenters. The van der Waals surface area contributed by atoms with E-state index in [1.165, 1.54) is 12.8 Å². The lowest BCUT2D eigenvalue weighted by Gasteiger charge is -2.27. The molecule has 0 bridgehead atoms. The topological polar surface area (TPSA) is 9.23 Å². The fourth-order valence-corrected chi connectivity index (χ4v) is 1.65. The molecule has 78 valence electrons. The maximum atomic E-state index is 5.73. The zero-order valence-electron chi connectivity index (χ0n) is 10.2. The first kappa shape index (κ1) is 13.0. The summed E-state index contributed by atoms with van der Waals surface area (Å²) in [5.74, 6) is 0.735. The Morgan fingerprint density at radius 2 is 1.77 bits per heavy atom. The van der Waals surface area contributed by atoms with Crippen LogP contribution in [0.3, 0.4) is 0 Å². The molecule has 0 spiro atoms. The van der Waals surface area contributed by atoms with E-state index in [1.807, 2.05) is 0 Å². The Balaban J connectivity index is 3.94. The molecule has 1 unspecified atom stereocenters. The highest BCUT2D eigenvalue weighted by Gasteiger charge is 2.19. The average molecular weight is 184 g/mol.